The Morgan fingerprint density at radius 3 is 2.50 bits per heavy atom. The minimum atomic E-state index is -0.400. The van der Waals surface area contributed by atoms with Crippen LogP contribution in [0.25, 0.3) is 0 Å². The summed E-state index contributed by atoms with van der Waals surface area (Å²) in [6.07, 6.45) is 4.64. The van der Waals surface area contributed by atoms with Gasteiger partial charge in [0.2, 0.25) is 0 Å². The van der Waals surface area contributed by atoms with Gasteiger partial charge in [-0.05, 0) is 56.5 Å². The third kappa shape index (κ3) is 3.91. The van der Waals surface area contributed by atoms with Crippen LogP contribution in [0.4, 0.5) is 10.5 Å². The van der Waals surface area contributed by atoms with Crippen molar-refractivity contribution in [2.24, 2.45) is 0 Å². The lowest BCUT2D eigenvalue weighted by Gasteiger charge is -2.40. The molecule has 2 amide bonds. The molecule has 5 heteroatoms. The molecule has 3 aromatic rings. The predicted molar refractivity (Wildman–Crippen MR) is 110 cm³/mol. The van der Waals surface area contributed by atoms with Gasteiger partial charge in [0.05, 0.1) is 5.54 Å². The minimum absolute atomic E-state index is 0.234. The van der Waals surface area contributed by atoms with Gasteiger partial charge < -0.3 is 15.6 Å². The Balaban J connectivity index is 1.44. The van der Waals surface area contributed by atoms with Crippen molar-refractivity contribution in [3.8, 4) is 11.8 Å². The molecule has 1 aliphatic rings. The Labute approximate surface area is 164 Å². The molecular weight excluding hydrogens is 348 g/mol. The number of carbonyl (C=O) groups is 1. The number of anilines is 1. The van der Waals surface area contributed by atoms with Crippen molar-refractivity contribution >= 4 is 11.7 Å². The zero-order valence-electron chi connectivity index (χ0n) is 15.8. The first-order valence-corrected chi connectivity index (χ1v) is 9.41. The lowest BCUT2D eigenvalue weighted by Crippen LogP contribution is -2.52. The van der Waals surface area contributed by atoms with Crippen molar-refractivity contribution in [1.29, 1.82) is 0 Å². The van der Waals surface area contributed by atoms with E-state index < -0.39 is 5.54 Å². The maximum absolute atomic E-state index is 12.6. The van der Waals surface area contributed by atoms with Crippen molar-refractivity contribution < 1.29 is 4.79 Å². The SMILES string of the molecule is Cc1cnc(C2(NC(=O)Nc3cccc(C#Cc4ccccc4)c3)CCC2)[nH]1. The van der Waals surface area contributed by atoms with Crippen LogP contribution in [0.2, 0.25) is 0 Å². The molecule has 1 aliphatic carbocycles. The Morgan fingerprint density at radius 1 is 1.07 bits per heavy atom. The number of rotatable bonds is 3. The Bertz CT molecular complexity index is 1040. The van der Waals surface area contributed by atoms with Crippen molar-refractivity contribution in [2.45, 2.75) is 31.7 Å². The number of benzene rings is 2. The fourth-order valence-corrected chi connectivity index (χ4v) is 3.33. The quantitative estimate of drug-likeness (QED) is 0.601. The van der Waals surface area contributed by atoms with Crippen molar-refractivity contribution in [3.63, 3.8) is 0 Å². The molecule has 1 saturated carbocycles. The van der Waals surface area contributed by atoms with Crippen LogP contribution in [-0.4, -0.2) is 16.0 Å². The molecule has 0 aliphatic heterocycles. The van der Waals surface area contributed by atoms with Gasteiger partial charge in [0.15, 0.2) is 0 Å². The van der Waals surface area contributed by atoms with Crippen LogP contribution in [0.5, 0.6) is 0 Å². The normalized spacial score (nSPS) is 14.3. The number of carbonyl (C=O) groups excluding carboxylic acids is 1. The van der Waals surface area contributed by atoms with Crippen molar-refractivity contribution in [2.75, 3.05) is 5.32 Å². The summed E-state index contributed by atoms with van der Waals surface area (Å²) in [7, 11) is 0. The second-order valence-corrected chi connectivity index (χ2v) is 7.13. The fourth-order valence-electron chi connectivity index (χ4n) is 3.33. The van der Waals surface area contributed by atoms with E-state index in [0.29, 0.717) is 5.69 Å². The predicted octanol–water partition coefficient (Wildman–Crippen LogP) is 4.32. The van der Waals surface area contributed by atoms with E-state index >= 15 is 0 Å². The topological polar surface area (TPSA) is 69.8 Å². The number of imidazole rings is 1. The van der Waals surface area contributed by atoms with Crippen LogP contribution < -0.4 is 10.6 Å². The molecule has 4 rings (SSSR count). The van der Waals surface area contributed by atoms with Crippen molar-refractivity contribution in [3.05, 3.63) is 83.4 Å². The van der Waals surface area contributed by atoms with E-state index in [1.807, 2.05) is 61.5 Å². The van der Waals surface area contributed by atoms with Gasteiger partial charge in [0.1, 0.15) is 5.82 Å². The molecule has 28 heavy (non-hydrogen) atoms. The Morgan fingerprint density at radius 2 is 1.82 bits per heavy atom. The smallest absolute Gasteiger partial charge is 0.320 e. The van der Waals surface area contributed by atoms with Gasteiger partial charge in [-0.15, -0.1) is 0 Å². The van der Waals surface area contributed by atoms with Crippen LogP contribution in [0.1, 0.15) is 41.9 Å². The number of amides is 2. The molecule has 3 N–H and O–H groups in total. The molecule has 0 spiro atoms. The number of aromatic nitrogens is 2. The molecular formula is C23H22N4O. The summed E-state index contributed by atoms with van der Waals surface area (Å²) in [6, 6.07) is 17.1. The summed E-state index contributed by atoms with van der Waals surface area (Å²) >= 11 is 0. The zero-order valence-corrected chi connectivity index (χ0v) is 15.8. The lowest BCUT2D eigenvalue weighted by molar-refractivity contribution is 0.176. The molecule has 0 saturated heterocycles. The van der Waals surface area contributed by atoms with Crippen LogP contribution in [0.15, 0.2) is 60.8 Å². The maximum atomic E-state index is 12.6. The highest BCUT2D eigenvalue weighted by Gasteiger charge is 2.42. The van der Waals surface area contributed by atoms with Gasteiger partial charge in [-0.1, -0.05) is 36.1 Å². The van der Waals surface area contributed by atoms with E-state index in [9.17, 15) is 4.79 Å². The minimum Gasteiger partial charge on any atom is -0.344 e. The van der Waals surface area contributed by atoms with E-state index in [1.54, 1.807) is 6.20 Å². The number of H-pyrrole nitrogens is 1. The summed E-state index contributed by atoms with van der Waals surface area (Å²) in [5, 5.41) is 6.03. The van der Waals surface area contributed by atoms with Gasteiger partial charge in [0.25, 0.3) is 0 Å². The summed E-state index contributed by atoms with van der Waals surface area (Å²) in [6.45, 7) is 1.96. The molecule has 0 unspecified atom stereocenters. The third-order valence-corrected chi connectivity index (χ3v) is 4.96. The second kappa shape index (κ2) is 7.61. The number of aryl methyl sites for hydroxylation is 1. The van der Waals surface area contributed by atoms with E-state index in [4.69, 9.17) is 0 Å². The Kier molecular flexibility index (Phi) is 4.86. The summed E-state index contributed by atoms with van der Waals surface area (Å²) in [5.41, 5.74) is 3.11. The van der Waals surface area contributed by atoms with E-state index in [2.05, 4.69) is 32.4 Å². The molecule has 1 aromatic heterocycles. The average molecular weight is 370 g/mol. The molecule has 2 aromatic carbocycles. The molecule has 5 nitrogen and oxygen atoms in total. The molecule has 0 bridgehead atoms. The molecule has 1 fully saturated rings. The van der Waals surface area contributed by atoms with Gasteiger partial charge >= 0.3 is 6.03 Å². The van der Waals surface area contributed by atoms with Crippen LogP contribution in [-0.2, 0) is 5.54 Å². The Hall–Kier alpha value is -3.52. The van der Waals surface area contributed by atoms with Gasteiger partial charge in [-0.3, -0.25) is 0 Å². The zero-order chi connectivity index (χ0) is 19.4. The highest BCUT2D eigenvalue weighted by Crippen LogP contribution is 2.39. The van der Waals surface area contributed by atoms with Crippen LogP contribution in [0.3, 0.4) is 0 Å². The first-order chi connectivity index (χ1) is 13.6. The molecule has 0 atom stereocenters. The van der Waals surface area contributed by atoms with Gasteiger partial charge in [-0.25, -0.2) is 9.78 Å². The summed E-state index contributed by atoms with van der Waals surface area (Å²) in [4.78, 5) is 20.3. The number of urea groups is 1. The van der Waals surface area contributed by atoms with Gasteiger partial charge in [-0.2, -0.15) is 0 Å². The van der Waals surface area contributed by atoms with E-state index in [0.717, 1.165) is 41.9 Å². The third-order valence-electron chi connectivity index (χ3n) is 4.96. The summed E-state index contributed by atoms with van der Waals surface area (Å²) < 4.78 is 0. The highest BCUT2D eigenvalue weighted by molar-refractivity contribution is 5.90. The van der Waals surface area contributed by atoms with E-state index in [-0.39, 0.29) is 6.03 Å². The second-order valence-electron chi connectivity index (χ2n) is 7.13. The van der Waals surface area contributed by atoms with Crippen molar-refractivity contribution in [1.82, 2.24) is 15.3 Å². The summed E-state index contributed by atoms with van der Waals surface area (Å²) in [5.74, 6) is 7.10. The number of nitrogens with zero attached hydrogens (tertiary/aromatic N) is 1. The first kappa shape index (κ1) is 17.9. The van der Waals surface area contributed by atoms with Gasteiger partial charge in [0, 0.05) is 28.7 Å². The standard InChI is InChI=1S/C23H22N4O/c1-17-16-24-21(25-17)23(13-6-14-23)27-22(28)26-20-10-5-9-19(15-20)12-11-18-7-3-2-4-8-18/h2-5,7-10,15-16H,6,13-14H2,1H3,(H,24,25)(H2,26,27,28). The monoisotopic (exact) mass is 370 g/mol. The van der Waals surface area contributed by atoms with Crippen LogP contribution >= 0.6 is 0 Å². The molecule has 1 heterocycles. The average Bonchev–Trinajstić information content (AvgIpc) is 3.11. The largest absolute Gasteiger partial charge is 0.344 e. The van der Waals surface area contributed by atoms with E-state index in [1.165, 1.54) is 0 Å². The molecule has 0 radical (unpaired) electrons. The van der Waals surface area contributed by atoms with Crippen LogP contribution in [0, 0.1) is 18.8 Å². The number of hydrogen-bond donors (Lipinski definition) is 3. The fraction of sp³-hybridized carbons (Fsp3) is 0.217. The maximum Gasteiger partial charge on any atom is 0.320 e. The number of aromatic amines is 1. The number of hydrogen-bond acceptors (Lipinski definition) is 2. The highest BCUT2D eigenvalue weighted by atomic mass is 16.2. The first-order valence-electron chi connectivity index (χ1n) is 9.41. The number of nitrogens with one attached hydrogen (secondary N) is 3. The lowest BCUT2D eigenvalue weighted by atomic mass is 9.76. The molecule has 140 valence electrons.